The van der Waals surface area contributed by atoms with Crippen molar-refractivity contribution in [3.63, 3.8) is 0 Å². The molecule has 1 saturated heterocycles. The van der Waals surface area contributed by atoms with E-state index in [1.54, 1.807) is 0 Å². The summed E-state index contributed by atoms with van der Waals surface area (Å²) in [5.41, 5.74) is 2.27. The van der Waals surface area contributed by atoms with Crippen LogP contribution >= 0.6 is 0 Å². The number of rotatable bonds is 8. The summed E-state index contributed by atoms with van der Waals surface area (Å²) in [5.74, 6) is 0. The second kappa shape index (κ2) is 9.10. The number of aliphatic hydroxyl groups is 1. The second-order valence-corrected chi connectivity index (χ2v) is 6.65. The van der Waals surface area contributed by atoms with Gasteiger partial charge in [0.05, 0.1) is 44.8 Å². The fraction of sp³-hybridized carbons (Fsp3) is 0.526. The van der Waals surface area contributed by atoms with Gasteiger partial charge in [0.2, 0.25) is 0 Å². The molecule has 0 aliphatic carbocycles. The van der Waals surface area contributed by atoms with Crippen molar-refractivity contribution in [1.29, 1.82) is 0 Å². The molecule has 0 amide bonds. The van der Waals surface area contributed by atoms with Crippen LogP contribution in [0.1, 0.15) is 11.1 Å². The molecular weight excluding hydrogens is 318 g/mol. The number of ether oxygens (including phenoxy) is 2. The normalized spacial score (nSPS) is 19.8. The number of β-amino-alcohol motifs (C(OH)–C–C–N with tert-alkyl or cyclic N) is 1. The van der Waals surface area contributed by atoms with E-state index in [9.17, 15) is 5.11 Å². The van der Waals surface area contributed by atoms with Gasteiger partial charge in [-0.1, -0.05) is 30.3 Å². The van der Waals surface area contributed by atoms with Crippen molar-refractivity contribution in [1.82, 2.24) is 14.7 Å². The Morgan fingerprint density at radius 2 is 2.20 bits per heavy atom. The highest BCUT2D eigenvalue weighted by atomic mass is 16.5. The van der Waals surface area contributed by atoms with Crippen LogP contribution in [-0.4, -0.2) is 64.8 Å². The molecule has 2 atom stereocenters. The first kappa shape index (κ1) is 18.1. The van der Waals surface area contributed by atoms with Crippen molar-refractivity contribution in [2.45, 2.75) is 32.3 Å². The summed E-state index contributed by atoms with van der Waals surface area (Å²) in [4.78, 5) is 2.24. The fourth-order valence-electron chi connectivity index (χ4n) is 3.07. The fourth-order valence-corrected chi connectivity index (χ4v) is 3.07. The summed E-state index contributed by atoms with van der Waals surface area (Å²) in [7, 11) is 0. The van der Waals surface area contributed by atoms with Crippen molar-refractivity contribution in [2.24, 2.45) is 0 Å². The third kappa shape index (κ3) is 5.93. The minimum atomic E-state index is -0.491. The average molecular weight is 345 g/mol. The Morgan fingerprint density at radius 1 is 1.36 bits per heavy atom. The Morgan fingerprint density at radius 3 is 2.96 bits per heavy atom. The highest BCUT2D eigenvalue weighted by Crippen LogP contribution is 2.09. The summed E-state index contributed by atoms with van der Waals surface area (Å²) < 4.78 is 13.4. The first-order valence-electron chi connectivity index (χ1n) is 8.82. The summed E-state index contributed by atoms with van der Waals surface area (Å²) in [5, 5.41) is 14.5. The van der Waals surface area contributed by atoms with E-state index in [2.05, 4.69) is 10.00 Å². The van der Waals surface area contributed by atoms with Gasteiger partial charge in [-0.25, -0.2) is 0 Å². The number of benzene rings is 1. The van der Waals surface area contributed by atoms with Gasteiger partial charge in [-0.2, -0.15) is 5.10 Å². The second-order valence-electron chi connectivity index (χ2n) is 6.65. The van der Waals surface area contributed by atoms with E-state index in [1.165, 1.54) is 0 Å². The van der Waals surface area contributed by atoms with Crippen LogP contribution < -0.4 is 0 Å². The number of morpholine rings is 1. The summed E-state index contributed by atoms with van der Waals surface area (Å²) in [6.45, 7) is 6.57. The molecular formula is C19H27N3O3. The molecule has 0 unspecified atom stereocenters. The zero-order valence-electron chi connectivity index (χ0n) is 14.8. The Hall–Kier alpha value is -1.73. The average Bonchev–Trinajstić information content (AvgIpc) is 3.01. The molecule has 0 saturated carbocycles. The molecule has 6 nitrogen and oxygen atoms in total. The Kier molecular flexibility index (Phi) is 6.58. The molecule has 1 aromatic carbocycles. The topological polar surface area (TPSA) is 59.8 Å². The number of hydrogen-bond acceptors (Lipinski definition) is 5. The highest BCUT2D eigenvalue weighted by Gasteiger charge is 2.23. The molecule has 1 N–H and O–H groups in total. The lowest BCUT2D eigenvalue weighted by Crippen LogP contribution is -2.47. The van der Waals surface area contributed by atoms with Gasteiger partial charge < -0.3 is 14.6 Å². The number of aromatic nitrogens is 2. The molecule has 2 heterocycles. The molecule has 1 aliphatic heterocycles. The minimum Gasteiger partial charge on any atom is -0.389 e. The van der Waals surface area contributed by atoms with E-state index in [-0.39, 0.29) is 6.10 Å². The molecule has 0 bridgehead atoms. The number of nitrogens with zero attached hydrogens (tertiary/aromatic N) is 3. The lowest BCUT2D eigenvalue weighted by Gasteiger charge is -2.34. The molecule has 3 rings (SSSR count). The maximum absolute atomic E-state index is 10.2. The first-order chi connectivity index (χ1) is 12.2. The van der Waals surface area contributed by atoms with E-state index in [4.69, 9.17) is 9.47 Å². The molecule has 1 fully saturated rings. The minimum absolute atomic E-state index is 0.102. The Balaban J connectivity index is 1.38. The predicted molar refractivity (Wildman–Crippen MR) is 95.2 cm³/mol. The molecule has 1 aromatic heterocycles. The number of aliphatic hydroxyl groups excluding tert-OH is 1. The van der Waals surface area contributed by atoms with E-state index >= 15 is 0 Å². The van der Waals surface area contributed by atoms with Crippen LogP contribution in [0.15, 0.2) is 42.7 Å². The van der Waals surface area contributed by atoms with Crippen molar-refractivity contribution >= 4 is 0 Å². The van der Waals surface area contributed by atoms with Crippen LogP contribution in [-0.2, 0) is 22.6 Å². The van der Waals surface area contributed by atoms with E-state index < -0.39 is 6.10 Å². The molecule has 6 heteroatoms. The van der Waals surface area contributed by atoms with Crippen LogP contribution in [0.2, 0.25) is 0 Å². The molecule has 0 spiro atoms. The number of hydrogen-bond donors (Lipinski definition) is 1. The molecule has 136 valence electrons. The number of aryl methyl sites for hydroxylation is 1. The van der Waals surface area contributed by atoms with Crippen LogP contribution in [0.25, 0.3) is 0 Å². The molecule has 25 heavy (non-hydrogen) atoms. The van der Waals surface area contributed by atoms with Gasteiger partial charge in [0.25, 0.3) is 0 Å². The lowest BCUT2D eigenvalue weighted by molar-refractivity contribution is -0.0583. The van der Waals surface area contributed by atoms with Gasteiger partial charge in [0.15, 0.2) is 0 Å². The highest BCUT2D eigenvalue weighted by molar-refractivity contribution is 5.13. The summed E-state index contributed by atoms with van der Waals surface area (Å²) in [6.07, 6.45) is 3.49. The lowest BCUT2D eigenvalue weighted by atomic mass is 10.2. The van der Waals surface area contributed by atoms with Gasteiger partial charge in [0, 0.05) is 25.8 Å². The van der Waals surface area contributed by atoms with Gasteiger partial charge in [-0.05, 0) is 18.1 Å². The Labute approximate surface area is 149 Å². The quantitative estimate of drug-likeness (QED) is 0.785. The monoisotopic (exact) mass is 345 g/mol. The SMILES string of the molecule is Cc1cnn(C[C@@H]2CN(C[C@H](O)COCc3ccccc3)CCO2)c1. The third-order valence-corrected chi connectivity index (χ3v) is 4.27. The van der Waals surface area contributed by atoms with Crippen LogP contribution in [0, 0.1) is 6.92 Å². The van der Waals surface area contributed by atoms with E-state index in [1.807, 2.05) is 54.3 Å². The van der Waals surface area contributed by atoms with Gasteiger partial charge in [-0.3, -0.25) is 9.58 Å². The van der Waals surface area contributed by atoms with Crippen molar-refractivity contribution in [3.8, 4) is 0 Å². The molecule has 0 radical (unpaired) electrons. The maximum atomic E-state index is 10.2. The third-order valence-electron chi connectivity index (χ3n) is 4.27. The predicted octanol–water partition coefficient (Wildman–Crippen LogP) is 1.47. The van der Waals surface area contributed by atoms with Gasteiger partial charge >= 0.3 is 0 Å². The zero-order chi connectivity index (χ0) is 17.5. The molecule has 2 aromatic rings. The maximum Gasteiger partial charge on any atom is 0.0900 e. The van der Waals surface area contributed by atoms with Crippen molar-refractivity contribution in [3.05, 3.63) is 53.9 Å². The van der Waals surface area contributed by atoms with E-state index in [0.29, 0.717) is 26.4 Å². The van der Waals surface area contributed by atoms with E-state index in [0.717, 1.165) is 30.8 Å². The van der Waals surface area contributed by atoms with Crippen molar-refractivity contribution in [2.75, 3.05) is 32.8 Å². The summed E-state index contributed by atoms with van der Waals surface area (Å²) >= 11 is 0. The summed E-state index contributed by atoms with van der Waals surface area (Å²) in [6, 6.07) is 10.0. The molecule has 1 aliphatic rings. The largest absolute Gasteiger partial charge is 0.389 e. The van der Waals surface area contributed by atoms with Gasteiger partial charge in [0.1, 0.15) is 0 Å². The van der Waals surface area contributed by atoms with Crippen LogP contribution in [0.3, 0.4) is 0 Å². The van der Waals surface area contributed by atoms with Gasteiger partial charge in [-0.15, -0.1) is 0 Å². The first-order valence-corrected chi connectivity index (χ1v) is 8.82. The van der Waals surface area contributed by atoms with Crippen LogP contribution in [0.4, 0.5) is 0 Å². The smallest absolute Gasteiger partial charge is 0.0900 e. The van der Waals surface area contributed by atoms with Crippen molar-refractivity contribution < 1.29 is 14.6 Å². The Bertz CT molecular complexity index is 632. The zero-order valence-corrected chi connectivity index (χ0v) is 14.8. The standard InChI is InChI=1S/C19H27N3O3/c1-16-9-20-22(10-16)13-19-12-21(7-8-25-19)11-18(23)15-24-14-17-5-3-2-4-6-17/h2-6,9-10,18-19,23H,7-8,11-15H2,1H3/t18-,19-/m0/s1. The van der Waals surface area contributed by atoms with Crippen LogP contribution in [0.5, 0.6) is 0 Å².